The first-order valence-corrected chi connectivity index (χ1v) is 6.10. The SMILES string of the molecule is CCOC(=O)c1cc(-c2ccc(OC)cc2)nc(N)n1. The molecule has 0 saturated carbocycles. The highest BCUT2D eigenvalue weighted by molar-refractivity contribution is 5.88. The highest BCUT2D eigenvalue weighted by atomic mass is 16.5. The molecule has 2 N–H and O–H groups in total. The highest BCUT2D eigenvalue weighted by Crippen LogP contribution is 2.22. The number of rotatable bonds is 4. The largest absolute Gasteiger partial charge is 0.497 e. The number of aromatic nitrogens is 2. The Morgan fingerprint density at radius 3 is 2.55 bits per heavy atom. The third kappa shape index (κ3) is 3.03. The minimum atomic E-state index is -0.517. The predicted molar refractivity (Wildman–Crippen MR) is 74.4 cm³/mol. The number of carbonyl (C=O) groups excluding carboxylic acids is 1. The van der Waals surface area contributed by atoms with Crippen molar-refractivity contribution in [2.75, 3.05) is 19.5 Å². The molecule has 6 heteroatoms. The molecular weight excluding hydrogens is 258 g/mol. The average molecular weight is 273 g/mol. The fraction of sp³-hybridized carbons (Fsp3) is 0.214. The molecule has 2 rings (SSSR count). The topological polar surface area (TPSA) is 87.3 Å². The van der Waals surface area contributed by atoms with Gasteiger partial charge in [0.2, 0.25) is 5.95 Å². The van der Waals surface area contributed by atoms with Crippen LogP contribution in [0, 0.1) is 0 Å². The van der Waals surface area contributed by atoms with E-state index < -0.39 is 5.97 Å². The van der Waals surface area contributed by atoms with Crippen molar-refractivity contribution >= 4 is 11.9 Å². The van der Waals surface area contributed by atoms with E-state index in [0.29, 0.717) is 5.69 Å². The van der Waals surface area contributed by atoms with Gasteiger partial charge in [-0.25, -0.2) is 14.8 Å². The molecule has 0 unspecified atom stereocenters. The first-order valence-electron chi connectivity index (χ1n) is 6.10. The van der Waals surface area contributed by atoms with Gasteiger partial charge in [0.15, 0.2) is 5.69 Å². The quantitative estimate of drug-likeness (QED) is 0.856. The Kier molecular flexibility index (Phi) is 4.14. The molecule has 20 heavy (non-hydrogen) atoms. The number of benzene rings is 1. The zero-order chi connectivity index (χ0) is 14.5. The van der Waals surface area contributed by atoms with Gasteiger partial charge in [0, 0.05) is 5.56 Å². The number of nitrogens with zero attached hydrogens (tertiary/aromatic N) is 2. The van der Waals surface area contributed by atoms with Crippen LogP contribution in [0.1, 0.15) is 17.4 Å². The third-order valence-corrected chi connectivity index (χ3v) is 2.61. The van der Waals surface area contributed by atoms with Crippen molar-refractivity contribution in [3.8, 4) is 17.0 Å². The van der Waals surface area contributed by atoms with Gasteiger partial charge in [-0.3, -0.25) is 0 Å². The zero-order valence-corrected chi connectivity index (χ0v) is 11.3. The van der Waals surface area contributed by atoms with Crippen LogP contribution < -0.4 is 10.5 Å². The number of nitrogen functional groups attached to an aromatic ring is 1. The van der Waals surface area contributed by atoms with Crippen LogP contribution in [0.2, 0.25) is 0 Å². The fourth-order valence-corrected chi connectivity index (χ4v) is 1.69. The van der Waals surface area contributed by atoms with E-state index in [0.717, 1.165) is 11.3 Å². The van der Waals surface area contributed by atoms with Crippen LogP contribution in [-0.2, 0) is 4.74 Å². The lowest BCUT2D eigenvalue weighted by Crippen LogP contribution is -2.10. The highest BCUT2D eigenvalue weighted by Gasteiger charge is 2.12. The van der Waals surface area contributed by atoms with Crippen LogP contribution in [0.4, 0.5) is 5.95 Å². The molecule has 0 spiro atoms. The van der Waals surface area contributed by atoms with Crippen molar-refractivity contribution in [3.63, 3.8) is 0 Å². The number of hydrogen-bond acceptors (Lipinski definition) is 6. The number of anilines is 1. The molecule has 0 aliphatic heterocycles. The molecule has 1 aromatic heterocycles. The van der Waals surface area contributed by atoms with E-state index in [1.54, 1.807) is 32.2 Å². The van der Waals surface area contributed by atoms with Crippen molar-refractivity contribution in [1.29, 1.82) is 0 Å². The van der Waals surface area contributed by atoms with E-state index >= 15 is 0 Å². The van der Waals surface area contributed by atoms with Crippen LogP contribution in [0.5, 0.6) is 5.75 Å². The average Bonchev–Trinajstić information content (AvgIpc) is 2.47. The fourth-order valence-electron chi connectivity index (χ4n) is 1.69. The summed E-state index contributed by atoms with van der Waals surface area (Å²) >= 11 is 0. The molecule has 0 radical (unpaired) electrons. The molecule has 0 aliphatic carbocycles. The molecule has 0 saturated heterocycles. The maximum atomic E-state index is 11.7. The molecule has 0 fully saturated rings. The Balaban J connectivity index is 2.38. The first kappa shape index (κ1) is 13.8. The number of nitrogens with two attached hydrogens (primary N) is 1. The van der Waals surface area contributed by atoms with Crippen LogP contribution >= 0.6 is 0 Å². The Labute approximate surface area is 116 Å². The van der Waals surface area contributed by atoms with Crippen LogP contribution in [0.25, 0.3) is 11.3 Å². The van der Waals surface area contributed by atoms with Crippen LogP contribution in [0.15, 0.2) is 30.3 Å². The molecule has 2 aromatic rings. The second kappa shape index (κ2) is 6.01. The van der Waals surface area contributed by atoms with Crippen molar-refractivity contribution in [3.05, 3.63) is 36.0 Å². The summed E-state index contributed by atoms with van der Waals surface area (Å²) in [5.41, 5.74) is 7.14. The van der Waals surface area contributed by atoms with Gasteiger partial charge in [-0.15, -0.1) is 0 Å². The lowest BCUT2D eigenvalue weighted by Gasteiger charge is -2.06. The second-order valence-corrected chi connectivity index (χ2v) is 3.95. The Bertz CT molecular complexity index is 612. The number of ether oxygens (including phenoxy) is 2. The Morgan fingerprint density at radius 2 is 1.95 bits per heavy atom. The molecule has 1 aromatic carbocycles. The number of hydrogen-bond donors (Lipinski definition) is 1. The lowest BCUT2D eigenvalue weighted by molar-refractivity contribution is 0.0519. The van der Waals surface area contributed by atoms with Gasteiger partial charge in [-0.2, -0.15) is 0 Å². The summed E-state index contributed by atoms with van der Waals surface area (Å²) in [6, 6.07) is 8.82. The predicted octanol–water partition coefficient (Wildman–Crippen LogP) is 1.91. The molecule has 1 heterocycles. The molecule has 0 amide bonds. The summed E-state index contributed by atoms with van der Waals surface area (Å²) in [5, 5.41) is 0. The lowest BCUT2D eigenvalue weighted by atomic mass is 10.1. The smallest absolute Gasteiger partial charge is 0.357 e. The normalized spacial score (nSPS) is 10.1. The van der Waals surface area contributed by atoms with Crippen molar-refractivity contribution in [2.24, 2.45) is 0 Å². The van der Waals surface area contributed by atoms with Crippen molar-refractivity contribution in [1.82, 2.24) is 9.97 Å². The Hall–Kier alpha value is -2.63. The number of esters is 1. The summed E-state index contributed by atoms with van der Waals surface area (Å²) in [7, 11) is 1.59. The zero-order valence-electron chi connectivity index (χ0n) is 11.3. The van der Waals surface area contributed by atoms with Crippen molar-refractivity contribution < 1.29 is 14.3 Å². The number of carbonyl (C=O) groups is 1. The van der Waals surface area contributed by atoms with E-state index in [4.69, 9.17) is 15.2 Å². The standard InChI is InChI=1S/C14H15N3O3/c1-3-20-13(18)12-8-11(16-14(15)17-12)9-4-6-10(19-2)7-5-9/h4-8H,3H2,1-2H3,(H2,15,16,17). The van der Waals surface area contributed by atoms with E-state index in [2.05, 4.69) is 9.97 Å². The monoisotopic (exact) mass is 273 g/mol. The van der Waals surface area contributed by atoms with Gasteiger partial charge < -0.3 is 15.2 Å². The van der Waals surface area contributed by atoms with Gasteiger partial charge in [0.25, 0.3) is 0 Å². The molecular formula is C14H15N3O3. The maximum absolute atomic E-state index is 11.7. The molecule has 104 valence electrons. The number of methoxy groups -OCH3 is 1. The summed E-state index contributed by atoms with van der Waals surface area (Å²) in [6.45, 7) is 2.01. The molecule has 6 nitrogen and oxygen atoms in total. The third-order valence-electron chi connectivity index (χ3n) is 2.61. The van der Waals surface area contributed by atoms with E-state index in [9.17, 15) is 4.79 Å². The minimum absolute atomic E-state index is 0.0290. The molecule has 0 bridgehead atoms. The van der Waals surface area contributed by atoms with Crippen LogP contribution in [0.3, 0.4) is 0 Å². The summed E-state index contributed by atoms with van der Waals surface area (Å²) in [5.74, 6) is 0.249. The van der Waals surface area contributed by atoms with Gasteiger partial charge in [-0.05, 0) is 37.3 Å². The van der Waals surface area contributed by atoms with E-state index in [1.165, 1.54) is 0 Å². The first-order chi connectivity index (χ1) is 9.63. The summed E-state index contributed by atoms with van der Waals surface area (Å²) in [6.07, 6.45) is 0. The van der Waals surface area contributed by atoms with Gasteiger partial charge in [0.1, 0.15) is 5.75 Å². The maximum Gasteiger partial charge on any atom is 0.357 e. The van der Waals surface area contributed by atoms with Crippen LogP contribution in [-0.4, -0.2) is 29.7 Å². The van der Waals surface area contributed by atoms with E-state index in [-0.39, 0.29) is 18.2 Å². The molecule has 0 atom stereocenters. The summed E-state index contributed by atoms with van der Waals surface area (Å²) < 4.78 is 10.00. The van der Waals surface area contributed by atoms with Crippen molar-refractivity contribution in [2.45, 2.75) is 6.92 Å². The second-order valence-electron chi connectivity index (χ2n) is 3.95. The van der Waals surface area contributed by atoms with Gasteiger partial charge in [0.05, 0.1) is 19.4 Å². The molecule has 0 aliphatic rings. The van der Waals surface area contributed by atoms with Gasteiger partial charge in [-0.1, -0.05) is 0 Å². The Morgan fingerprint density at radius 1 is 1.25 bits per heavy atom. The van der Waals surface area contributed by atoms with E-state index in [1.807, 2.05) is 12.1 Å². The van der Waals surface area contributed by atoms with Gasteiger partial charge >= 0.3 is 5.97 Å². The summed E-state index contributed by atoms with van der Waals surface area (Å²) in [4.78, 5) is 19.7. The minimum Gasteiger partial charge on any atom is -0.497 e.